The van der Waals surface area contributed by atoms with E-state index >= 15 is 0 Å². The highest BCUT2D eigenvalue weighted by molar-refractivity contribution is 7.96. The fraction of sp³-hybridized carbons (Fsp3) is 0.857. The molecule has 1 atom stereocenters. The molecule has 1 saturated heterocycles. The van der Waals surface area contributed by atoms with Crippen LogP contribution >= 0.6 is 12.6 Å². The summed E-state index contributed by atoms with van der Waals surface area (Å²) in [5.74, 6) is 0. The lowest BCUT2D eigenvalue weighted by atomic mass is 10.0. The van der Waals surface area contributed by atoms with Crippen LogP contribution in [0.4, 0.5) is 4.79 Å². The number of carbonyl (C=O) groups is 1. The summed E-state index contributed by atoms with van der Waals surface area (Å²) in [4.78, 5) is 12.7. The van der Waals surface area contributed by atoms with Crippen LogP contribution in [0.5, 0.6) is 0 Å². The zero-order chi connectivity index (χ0) is 8.27. The zero-order valence-electron chi connectivity index (χ0n) is 6.49. The maximum absolute atomic E-state index is 10.9. The molecule has 1 heterocycles. The molecule has 4 heteroatoms. The van der Waals surface area contributed by atoms with Crippen LogP contribution in [-0.2, 0) is 0 Å². The van der Waals surface area contributed by atoms with Crippen molar-refractivity contribution in [2.45, 2.75) is 25.3 Å². The van der Waals surface area contributed by atoms with Gasteiger partial charge in [0, 0.05) is 19.1 Å². The number of amides is 1. The first-order valence-corrected chi connectivity index (χ1v) is 4.40. The Balaban J connectivity index is 2.51. The molecule has 1 rings (SSSR count). The molecule has 0 aliphatic carbocycles. The van der Waals surface area contributed by atoms with Gasteiger partial charge in [0.05, 0.1) is 0 Å². The van der Waals surface area contributed by atoms with Gasteiger partial charge in [0.15, 0.2) is 0 Å². The van der Waals surface area contributed by atoms with E-state index in [0.717, 1.165) is 19.4 Å². The van der Waals surface area contributed by atoms with Crippen molar-refractivity contribution in [3.63, 3.8) is 0 Å². The SMILES string of the molecule is NCC1CCCCN1C(=O)S. The van der Waals surface area contributed by atoms with E-state index in [-0.39, 0.29) is 11.3 Å². The molecule has 0 bridgehead atoms. The Hall–Kier alpha value is -0.220. The van der Waals surface area contributed by atoms with E-state index in [1.165, 1.54) is 6.42 Å². The molecule has 0 saturated carbocycles. The van der Waals surface area contributed by atoms with E-state index in [1.54, 1.807) is 4.90 Å². The van der Waals surface area contributed by atoms with Crippen LogP contribution in [0.25, 0.3) is 0 Å². The van der Waals surface area contributed by atoms with E-state index in [1.807, 2.05) is 0 Å². The molecule has 1 aliphatic rings. The number of hydrogen-bond acceptors (Lipinski definition) is 2. The molecule has 3 nitrogen and oxygen atoms in total. The Kier molecular flexibility index (Phi) is 3.20. The maximum Gasteiger partial charge on any atom is 0.278 e. The van der Waals surface area contributed by atoms with Crippen LogP contribution in [0.3, 0.4) is 0 Å². The molecule has 1 unspecified atom stereocenters. The predicted octanol–water partition coefficient (Wildman–Crippen LogP) is 0.849. The van der Waals surface area contributed by atoms with Crippen molar-refractivity contribution in [2.75, 3.05) is 13.1 Å². The van der Waals surface area contributed by atoms with E-state index < -0.39 is 0 Å². The number of piperidine rings is 1. The number of nitrogens with zero attached hydrogens (tertiary/aromatic N) is 1. The van der Waals surface area contributed by atoms with E-state index in [9.17, 15) is 4.79 Å². The van der Waals surface area contributed by atoms with Gasteiger partial charge in [0.1, 0.15) is 0 Å². The maximum atomic E-state index is 10.9. The van der Waals surface area contributed by atoms with Crippen molar-refractivity contribution in [3.8, 4) is 0 Å². The Labute approximate surface area is 72.3 Å². The summed E-state index contributed by atoms with van der Waals surface area (Å²) in [5, 5.41) is -0.139. The Morgan fingerprint density at radius 1 is 1.64 bits per heavy atom. The third-order valence-corrected chi connectivity index (χ3v) is 2.40. The Morgan fingerprint density at radius 3 is 2.82 bits per heavy atom. The summed E-state index contributed by atoms with van der Waals surface area (Å²) < 4.78 is 0. The second-order valence-corrected chi connectivity index (χ2v) is 3.24. The molecule has 11 heavy (non-hydrogen) atoms. The monoisotopic (exact) mass is 174 g/mol. The lowest BCUT2D eigenvalue weighted by molar-refractivity contribution is 0.176. The highest BCUT2D eigenvalue weighted by Crippen LogP contribution is 2.17. The molecule has 64 valence electrons. The first-order valence-electron chi connectivity index (χ1n) is 3.95. The molecule has 1 amide bonds. The van der Waals surface area contributed by atoms with Crippen molar-refractivity contribution >= 4 is 17.9 Å². The fourth-order valence-corrected chi connectivity index (χ4v) is 1.76. The smallest absolute Gasteiger partial charge is 0.278 e. The van der Waals surface area contributed by atoms with Crippen LogP contribution in [-0.4, -0.2) is 29.3 Å². The summed E-state index contributed by atoms with van der Waals surface area (Å²) >= 11 is 3.79. The van der Waals surface area contributed by atoms with Crippen molar-refractivity contribution in [1.82, 2.24) is 4.90 Å². The number of thiol groups is 1. The number of hydrogen-bond donors (Lipinski definition) is 2. The van der Waals surface area contributed by atoms with Gasteiger partial charge in [-0.1, -0.05) is 12.6 Å². The average Bonchev–Trinajstić information content (AvgIpc) is 2.04. The van der Waals surface area contributed by atoms with Crippen LogP contribution in [0.15, 0.2) is 0 Å². The Bertz CT molecular complexity index is 151. The summed E-state index contributed by atoms with van der Waals surface area (Å²) in [6, 6.07) is 0.230. The minimum atomic E-state index is -0.139. The van der Waals surface area contributed by atoms with Crippen molar-refractivity contribution in [2.24, 2.45) is 5.73 Å². The molecular formula is C7H14N2OS. The quantitative estimate of drug-likeness (QED) is 0.579. The highest BCUT2D eigenvalue weighted by atomic mass is 32.1. The molecule has 2 N–H and O–H groups in total. The lowest BCUT2D eigenvalue weighted by Crippen LogP contribution is -2.45. The fourth-order valence-electron chi connectivity index (χ4n) is 1.50. The largest absolute Gasteiger partial charge is 0.330 e. The lowest BCUT2D eigenvalue weighted by Gasteiger charge is -2.33. The van der Waals surface area contributed by atoms with E-state index in [4.69, 9.17) is 5.73 Å². The van der Waals surface area contributed by atoms with E-state index in [0.29, 0.717) is 6.54 Å². The van der Waals surface area contributed by atoms with Crippen molar-refractivity contribution in [1.29, 1.82) is 0 Å². The van der Waals surface area contributed by atoms with Crippen LogP contribution in [0, 0.1) is 0 Å². The average molecular weight is 174 g/mol. The van der Waals surface area contributed by atoms with Crippen molar-refractivity contribution < 1.29 is 4.79 Å². The molecule has 0 aromatic rings. The van der Waals surface area contributed by atoms with Crippen molar-refractivity contribution in [3.05, 3.63) is 0 Å². The van der Waals surface area contributed by atoms with Gasteiger partial charge >= 0.3 is 0 Å². The van der Waals surface area contributed by atoms with Gasteiger partial charge in [-0.2, -0.15) is 0 Å². The standard InChI is InChI=1S/C7H14N2OS/c8-5-6-3-1-2-4-9(6)7(10)11/h6H,1-5,8H2,(H,10,11). The molecule has 0 spiro atoms. The highest BCUT2D eigenvalue weighted by Gasteiger charge is 2.22. The van der Waals surface area contributed by atoms with Gasteiger partial charge in [0.2, 0.25) is 0 Å². The summed E-state index contributed by atoms with van der Waals surface area (Å²) in [6.45, 7) is 1.39. The predicted molar refractivity (Wildman–Crippen MR) is 47.8 cm³/mol. The van der Waals surface area contributed by atoms with E-state index in [2.05, 4.69) is 12.6 Å². The molecule has 0 aromatic carbocycles. The summed E-state index contributed by atoms with van der Waals surface area (Å²) in [7, 11) is 0. The number of nitrogens with two attached hydrogens (primary N) is 1. The van der Waals surface area contributed by atoms with Gasteiger partial charge < -0.3 is 10.6 Å². The Morgan fingerprint density at radius 2 is 2.36 bits per heavy atom. The molecule has 0 radical (unpaired) electrons. The minimum absolute atomic E-state index is 0.139. The van der Waals surface area contributed by atoms with Gasteiger partial charge in [-0.15, -0.1) is 0 Å². The molecule has 1 fully saturated rings. The first kappa shape index (κ1) is 8.87. The van der Waals surface area contributed by atoms with Gasteiger partial charge in [-0.05, 0) is 19.3 Å². The van der Waals surface area contributed by atoms with Crippen LogP contribution in [0.2, 0.25) is 0 Å². The zero-order valence-corrected chi connectivity index (χ0v) is 7.39. The van der Waals surface area contributed by atoms with Gasteiger partial charge in [0.25, 0.3) is 5.24 Å². The van der Waals surface area contributed by atoms with Gasteiger partial charge in [-0.3, -0.25) is 4.79 Å². The number of rotatable bonds is 1. The van der Waals surface area contributed by atoms with Crippen LogP contribution < -0.4 is 5.73 Å². The minimum Gasteiger partial charge on any atom is -0.330 e. The molecule has 1 aliphatic heterocycles. The normalized spacial score (nSPS) is 25.3. The second kappa shape index (κ2) is 3.97. The topological polar surface area (TPSA) is 46.3 Å². The molecule has 0 aromatic heterocycles. The first-order chi connectivity index (χ1) is 5.25. The second-order valence-electron chi connectivity index (χ2n) is 2.86. The third kappa shape index (κ3) is 2.10. The van der Waals surface area contributed by atoms with Crippen LogP contribution in [0.1, 0.15) is 19.3 Å². The third-order valence-electron chi connectivity index (χ3n) is 2.14. The number of likely N-dealkylation sites (tertiary alicyclic amines) is 1. The summed E-state index contributed by atoms with van der Waals surface area (Å²) in [6.07, 6.45) is 3.30. The number of carbonyl (C=O) groups excluding carboxylic acids is 1. The summed E-state index contributed by atoms with van der Waals surface area (Å²) in [5.41, 5.74) is 5.50. The van der Waals surface area contributed by atoms with Gasteiger partial charge in [-0.25, -0.2) is 0 Å². The molecular weight excluding hydrogens is 160 g/mol.